The number of rotatable bonds is 5. The third kappa shape index (κ3) is 3.60. The number of esters is 2. The van der Waals surface area contributed by atoms with Crippen LogP contribution in [0.15, 0.2) is 11.6 Å². The summed E-state index contributed by atoms with van der Waals surface area (Å²) in [6.07, 6.45) is 3.62. The SMILES string of the molecule is CCCCC(=O)OCC1=CC(=O)OC1. The fraction of sp³-hybridized carbons (Fsp3) is 0.600. The average molecular weight is 198 g/mol. The number of carbonyl (C=O) groups is 2. The van der Waals surface area contributed by atoms with Gasteiger partial charge in [0, 0.05) is 18.1 Å². The zero-order valence-electron chi connectivity index (χ0n) is 8.25. The van der Waals surface area contributed by atoms with E-state index in [2.05, 4.69) is 4.74 Å². The van der Waals surface area contributed by atoms with E-state index in [1.54, 1.807) is 0 Å². The highest BCUT2D eigenvalue weighted by Crippen LogP contribution is 2.07. The van der Waals surface area contributed by atoms with Gasteiger partial charge in [-0.3, -0.25) is 4.79 Å². The first-order chi connectivity index (χ1) is 6.72. The van der Waals surface area contributed by atoms with E-state index in [1.807, 2.05) is 6.92 Å². The maximum Gasteiger partial charge on any atom is 0.331 e. The number of ether oxygens (including phenoxy) is 2. The molecule has 14 heavy (non-hydrogen) atoms. The molecule has 0 radical (unpaired) electrons. The van der Waals surface area contributed by atoms with E-state index in [4.69, 9.17) is 4.74 Å². The molecule has 0 aliphatic carbocycles. The lowest BCUT2D eigenvalue weighted by molar-refractivity contribution is -0.142. The Hall–Kier alpha value is -1.32. The minimum atomic E-state index is -0.357. The van der Waals surface area contributed by atoms with E-state index in [0.717, 1.165) is 18.4 Å². The smallest absolute Gasteiger partial charge is 0.331 e. The summed E-state index contributed by atoms with van der Waals surface area (Å²) in [5.74, 6) is -0.572. The average Bonchev–Trinajstić information content (AvgIpc) is 2.58. The normalized spacial score (nSPS) is 14.9. The molecule has 0 bridgehead atoms. The van der Waals surface area contributed by atoms with Crippen molar-refractivity contribution in [2.24, 2.45) is 0 Å². The second-order valence-corrected chi connectivity index (χ2v) is 3.17. The molecule has 1 heterocycles. The molecule has 0 saturated carbocycles. The third-order valence-corrected chi connectivity index (χ3v) is 1.87. The van der Waals surface area contributed by atoms with Gasteiger partial charge in [-0.2, -0.15) is 0 Å². The van der Waals surface area contributed by atoms with Gasteiger partial charge in [0.2, 0.25) is 0 Å². The number of hydrogen-bond donors (Lipinski definition) is 0. The Labute approximate surface area is 82.9 Å². The molecule has 1 aliphatic heterocycles. The quantitative estimate of drug-likeness (QED) is 0.623. The first kappa shape index (κ1) is 10.8. The standard InChI is InChI=1S/C10H14O4/c1-2-3-4-9(11)13-6-8-5-10(12)14-7-8/h5H,2-4,6-7H2,1H3. The van der Waals surface area contributed by atoms with Crippen LogP contribution in [0, 0.1) is 0 Å². The number of unbranched alkanes of at least 4 members (excludes halogenated alkanes) is 1. The maximum atomic E-state index is 11.1. The largest absolute Gasteiger partial charge is 0.461 e. The van der Waals surface area contributed by atoms with Crippen LogP contribution in [0.2, 0.25) is 0 Å². The highest BCUT2D eigenvalue weighted by molar-refractivity contribution is 5.85. The van der Waals surface area contributed by atoms with Crippen molar-refractivity contribution in [3.63, 3.8) is 0 Å². The highest BCUT2D eigenvalue weighted by atomic mass is 16.5. The molecule has 4 nitrogen and oxygen atoms in total. The summed E-state index contributed by atoms with van der Waals surface area (Å²) in [5, 5.41) is 0. The summed E-state index contributed by atoms with van der Waals surface area (Å²) in [4.78, 5) is 21.7. The molecule has 0 aromatic carbocycles. The van der Waals surface area contributed by atoms with Crippen molar-refractivity contribution < 1.29 is 19.1 Å². The van der Waals surface area contributed by atoms with Gasteiger partial charge in [-0.05, 0) is 6.42 Å². The van der Waals surface area contributed by atoms with Gasteiger partial charge in [0.05, 0.1) is 0 Å². The van der Waals surface area contributed by atoms with E-state index in [0.29, 0.717) is 6.42 Å². The summed E-state index contributed by atoms with van der Waals surface area (Å²) in [7, 11) is 0. The van der Waals surface area contributed by atoms with Crippen LogP contribution >= 0.6 is 0 Å². The first-order valence-corrected chi connectivity index (χ1v) is 4.74. The van der Waals surface area contributed by atoms with E-state index in [9.17, 15) is 9.59 Å². The number of cyclic esters (lactones) is 1. The van der Waals surface area contributed by atoms with Crippen molar-refractivity contribution in [3.05, 3.63) is 11.6 Å². The van der Waals surface area contributed by atoms with E-state index in [1.165, 1.54) is 6.08 Å². The molecular weight excluding hydrogens is 184 g/mol. The molecule has 78 valence electrons. The Bertz CT molecular complexity index is 255. The van der Waals surface area contributed by atoms with Crippen LogP contribution in [-0.2, 0) is 19.1 Å². The minimum absolute atomic E-state index is 0.175. The predicted octanol–water partition coefficient (Wildman–Crippen LogP) is 1.20. The molecule has 0 amide bonds. The first-order valence-electron chi connectivity index (χ1n) is 4.74. The van der Waals surface area contributed by atoms with E-state index >= 15 is 0 Å². The van der Waals surface area contributed by atoms with Crippen molar-refractivity contribution >= 4 is 11.9 Å². The topological polar surface area (TPSA) is 52.6 Å². The third-order valence-electron chi connectivity index (χ3n) is 1.87. The maximum absolute atomic E-state index is 11.1. The Balaban J connectivity index is 2.17. The molecule has 0 saturated heterocycles. The summed E-state index contributed by atoms with van der Waals surface area (Å²) in [5.41, 5.74) is 0.722. The molecule has 0 atom stereocenters. The second-order valence-electron chi connectivity index (χ2n) is 3.17. The van der Waals surface area contributed by atoms with Crippen LogP contribution < -0.4 is 0 Å². The molecule has 0 aromatic rings. The summed E-state index contributed by atoms with van der Waals surface area (Å²) < 4.78 is 9.59. The van der Waals surface area contributed by atoms with Gasteiger partial charge >= 0.3 is 11.9 Å². The molecule has 0 unspecified atom stereocenters. The van der Waals surface area contributed by atoms with Crippen molar-refractivity contribution in [2.45, 2.75) is 26.2 Å². The second kappa shape index (κ2) is 5.42. The highest BCUT2D eigenvalue weighted by Gasteiger charge is 2.14. The van der Waals surface area contributed by atoms with Crippen LogP contribution in [0.4, 0.5) is 0 Å². The number of hydrogen-bond acceptors (Lipinski definition) is 4. The van der Waals surface area contributed by atoms with E-state index in [-0.39, 0.29) is 25.2 Å². The van der Waals surface area contributed by atoms with Crippen molar-refractivity contribution in [3.8, 4) is 0 Å². The lowest BCUT2D eigenvalue weighted by Gasteiger charge is -2.03. The van der Waals surface area contributed by atoms with Gasteiger partial charge in [0.25, 0.3) is 0 Å². The van der Waals surface area contributed by atoms with Gasteiger partial charge in [-0.15, -0.1) is 0 Å². The van der Waals surface area contributed by atoms with Crippen LogP contribution in [0.25, 0.3) is 0 Å². The molecule has 0 N–H and O–H groups in total. The van der Waals surface area contributed by atoms with Gasteiger partial charge < -0.3 is 9.47 Å². The van der Waals surface area contributed by atoms with Gasteiger partial charge in [0.1, 0.15) is 13.2 Å². The molecule has 0 fully saturated rings. The molecule has 4 heteroatoms. The molecule has 1 aliphatic rings. The minimum Gasteiger partial charge on any atom is -0.461 e. The Kier molecular flexibility index (Phi) is 4.16. The van der Waals surface area contributed by atoms with Crippen molar-refractivity contribution in [2.75, 3.05) is 13.2 Å². The van der Waals surface area contributed by atoms with Crippen molar-refractivity contribution in [1.29, 1.82) is 0 Å². The van der Waals surface area contributed by atoms with Gasteiger partial charge in [-0.1, -0.05) is 13.3 Å². The summed E-state index contributed by atoms with van der Waals surface area (Å²) >= 11 is 0. The van der Waals surface area contributed by atoms with Crippen LogP contribution in [-0.4, -0.2) is 25.2 Å². The molecule has 1 rings (SSSR count). The Morgan fingerprint density at radius 1 is 1.64 bits per heavy atom. The van der Waals surface area contributed by atoms with Crippen LogP contribution in [0.5, 0.6) is 0 Å². The zero-order chi connectivity index (χ0) is 10.4. The Morgan fingerprint density at radius 3 is 3.00 bits per heavy atom. The van der Waals surface area contributed by atoms with Crippen molar-refractivity contribution in [1.82, 2.24) is 0 Å². The van der Waals surface area contributed by atoms with Gasteiger partial charge in [0.15, 0.2) is 0 Å². The summed E-state index contributed by atoms with van der Waals surface area (Å²) in [6, 6.07) is 0. The zero-order valence-corrected chi connectivity index (χ0v) is 8.25. The number of carbonyl (C=O) groups excluding carboxylic acids is 2. The molecule has 0 aromatic heterocycles. The van der Waals surface area contributed by atoms with Crippen LogP contribution in [0.1, 0.15) is 26.2 Å². The van der Waals surface area contributed by atoms with Crippen LogP contribution in [0.3, 0.4) is 0 Å². The summed E-state index contributed by atoms with van der Waals surface area (Å²) in [6.45, 7) is 2.44. The fourth-order valence-electron chi connectivity index (χ4n) is 1.06. The predicted molar refractivity (Wildman–Crippen MR) is 49.5 cm³/mol. The molecule has 0 spiro atoms. The monoisotopic (exact) mass is 198 g/mol. The molecular formula is C10H14O4. The fourth-order valence-corrected chi connectivity index (χ4v) is 1.06. The Morgan fingerprint density at radius 2 is 2.43 bits per heavy atom. The lowest BCUT2D eigenvalue weighted by Crippen LogP contribution is -2.07. The van der Waals surface area contributed by atoms with E-state index < -0.39 is 0 Å². The lowest BCUT2D eigenvalue weighted by atomic mass is 10.2. The van der Waals surface area contributed by atoms with Gasteiger partial charge in [-0.25, -0.2) is 4.79 Å².